The molecule has 10 heteroatoms. The molecule has 0 aliphatic carbocycles. The van der Waals surface area contributed by atoms with Gasteiger partial charge in [-0.3, -0.25) is 4.79 Å². The molecule has 0 radical (unpaired) electrons. The van der Waals surface area contributed by atoms with E-state index in [1.807, 2.05) is 0 Å². The van der Waals surface area contributed by atoms with Gasteiger partial charge in [0.1, 0.15) is 0 Å². The Morgan fingerprint density at radius 2 is 2.05 bits per heavy atom. The molecule has 0 spiro atoms. The van der Waals surface area contributed by atoms with Crippen LogP contribution in [0.4, 0.5) is 14.0 Å². The van der Waals surface area contributed by atoms with E-state index in [2.05, 4.69) is 4.98 Å². The molecule has 1 saturated heterocycles. The molecule has 0 bridgehead atoms. The van der Waals surface area contributed by atoms with Crippen LogP contribution in [0.25, 0.3) is 0 Å². The van der Waals surface area contributed by atoms with E-state index in [-0.39, 0.29) is 23.8 Å². The van der Waals surface area contributed by atoms with Crippen LogP contribution in [0, 0.1) is 11.7 Å². The van der Waals surface area contributed by atoms with Crippen LogP contribution in [0.2, 0.25) is 10.3 Å². The molecule has 2 rings (SSSR count). The lowest BCUT2D eigenvalue weighted by molar-refractivity contribution is -0.117. The van der Waals surface area contributed by atoms with E-state index < -0.39 is 38.8 Å². The second-order valence-electron chi connectivity index (χ2n) is 4.35. The van der Waals surface area contributed by atoms with Gasteiger partial charge in [-0.15, -0.1) is 3.89 Å². The molecule has 0 saturated carbocycles. The molecule has 1 amide bonds. The predicted molar refractivity (Wildman–Crippen MR) is 69.6 cm³/mol. The van der Waals surface area contributed by atoms with Gasteiger partial charge in [0.15, 0.2) is 16.1 Å². The van der Waals surface area contributed by atoms with Crippen molar-refractivity contribution in [3.05, 3.63) is 22.2 Å². The summed E-state index contributed by atoms with van der Waals surface area (Å²) in [7, 11) is -4.68. The fourth-order valence-corrected chi connectivity index (χ4v) is 3.24. The highest BCUT2D eigenvalue weighted by Gasteiger charge is 2.35. The highest BCUT2D eigenvalue weighted by atomic mass is 35.5. The molecule has 5 nitrogen and oxygen atoms in total. The Bertz CT molecular complexity index is 669. The van der Waals surface area contributed by atoms with Gasteiger partial charge in [0.05, 0.1) is 11.4 Å². The first kappa shape index (κ1) is 15.4. The highest BCUT2D eigenvalue weighted by molar-refractivity contribution is 7.86. The van der Waals surface area contributed by atoms with Crippen molar-refractivity contribution >= 4 is 45.0 Å². The van der Waals surface area contributed by atoms with Gasteiger partial charge in [-0.05, 0) is 0 Å². The Balaban J connectivity index is 2.26. The Labute approximate surface area is 123 Å². The zero-order valence-electron chi connectivity index (χ0n) is 9.82. The number of nitrogens with zero attached hydrogens (tertiary/aromatic N) is 2. The van der Waals surface area contributed by atoms with Crippen LogP contribution in [-0.2, 0) is 15.0 Å². The predicted octanol–water partition coefficient (Wildman–Crippen LogP) is 2.18. The fourth-order valence-electron chi connectivity index (χ4n) is 2.03. The van der Waals surface area contributed by atoms with Crippen molar-refractivity contribution < 1.29 is 21.5 Å². The number of aromatic nitrogens is 1. The Hall–Kier alpha value is -0.990. The number of hydrogen-bond donors (Lipinski definition) is 0. The van der Waals surface area contributed by atoms with Crippen LogP contribution >= 0.6 is 23.2 Å². The van der Waals surface area contributed by atoms with Gasteiger partial charge in [0, 0.05) is 24.9 Å². The molecular weight excluding hydrogens is 337 g/mol. The van der Waals surface area contributed by atoms with Gasteiger partial charge in [0.25, 0.3) is 0 Å². The van der Waals surface area contributed by atoms with Gasteiger partial charge in [0.2, 0.25) is 5.91 Å². The average Bonchev–Trinajstić information content (AvgIpc) is 2.62. The lowest BCUT2D eigenvalue weighted by Gasteiger charge is -2.17. The third-order valence-corrected chi connectivity index (χ3v) is 4.21. The van der Waals surface area contributed by atoms with Crippen LogP contribution in [0.3, 0.4) is 0 Å². The first-order valence-corrected chi connectivity index (χ1v) is 7.72. The minimum atomic E-state index is -4.68. The SMILES string of the molecule is O=C1CC(CS(=O)(=O)F)CN1c1cc(F)c(Cl)nc1Cl. The zero-order chi connectivity index (χ0) is 15.1. The summed E-state index contributed by atoms with van der Waals surface area (Å²) in [5.41, 5.74) is -0.0164. The van der Waals surface area contributed by atoms with E-state index in [9.17, 15) is 21.5 Å². The van der Waals surface area contributed by atoms with E-state index in [1.54, 1.807) is 0 Å². The summed E-state index contributed by atoms with van der Waals surface area (Å²) in [5, 5.41) is -0.623. The molecule has 1 aromatic heterocycles. The number of carbonyl (C=O) groups excluding carboxylic acids is 1. The maximum atomic E-state index is 13.4. The van der Waals surface area contributed by atoms with Crippen LogP contribution in [0.5, 0.6) is 0 Å². The van der Waals surface area contributed by atoms with Crippen molar-refractivity contribution in [3.8, 4) is 0 Å². The monoisotopic (exact) mass is 344 g/mol. The molecule has 1 fully saturated rings. The molecule has 1 aliphatic heterocycles. The van der Waals surface area contributed by atoms with Gasteiger partial charge >= 0.3 is 10.2 Å². The van der Waals surface area contributed by atoms with Crippen LogP contribution < -0.4 is 4.90 Å². The molecule has 1 aliphatic rings. The first-order chi connectivity index (χ1) is 9.17. The standard InChI is InChI=1S/C10H8Cl2F2N2O3S/c11-9-6(13)2-7(10(12)15-9)16-3-5(1-8(16)17)4-20(14,18)19/h2,5H,1,3-4H2. The molecular formula is C10H8Cl2F2N2O3S. The quantitative estimate of drug-likeness (QED) is 0.622. The second-order valence-corrected chi connectivity index (χ2v) is 6.48. The normalized spacial score (nSPS) is 19.7. The molecule has 20 heavy (non-hydrogen) atoms. The average molecular weight is 345 g/mol. The third kappa shape index (κ3) is 3.36. The third-order valence-electron chi connectivity index (χ3n) is 2.80. The summed E-state index contributed by atoms with van der Waals surface area (Å²) in [5.74, 6) is -2.83. The molecule has 1 aromatic rings. The number of hydrogen-bond acceptors (Lipinski definition) is 4. The van der Waals surface area contributed by atoms with E-state index >= 15 is 0 Å². The van der Waals surface area contributed by atoms with Gasteiger partial charge < -0.3 is 4.90 Å². The summed E-state index contributed by atoms with van der Waals surface area (Å²) in [6.45, 7) is -0.0789. The first-order valence-electron chi connectivity index (χ1n) is 5.41. The number of halogens is 4. The zero-order valence-corrected chi connectivity index (χ0v) is 12.1. The molecule has 0 N–H and O–H groups in total. The summed E-state index contributed by atoms with van der Waals surface area (Å²) < 4.78 is 47.2. The largest absolute Gasteiger partial charge is 0.309 e. The summed E-state index contributed by atoms with van der Waals surface area (Å²) >= 11 is 11.2. The number of carbonyl (C=O) groups is 1. The van der Waals surface area contributed by atoms with Crippen molar-refractivity contribution in [1.29, 1.82) is 0 Å². The van der Waals surface area contributed by atoms with Crippen LogP contribution in [-0.4, -0.2) is 31.6 Å². The fraction of sp³-hybridized carbons (Fsp3) is 0.400. The van der Waals surface area contributed by atoms with E-state index in [0.29, 0.717) is 0 Å². The van der Waals surface area contributed by atoms with Gasteiger partial charge in [-0.2, -0.15) is 8.42 Å². The van der Waals surface area contributed by atoms with Gasteiger partial charge in [-0.1, -0.05) is 23.2 Å². The van der Waals surface area contributed by atoms with Crippen LogP contribution in [0.1, 0.15) is 6.42 Å². The molecule has 110 valence electrons. The Morgan fingerprint density at radius 1 is 1.40 bits per heavy atom. The summed E-state index contributed by atoms with van der Waals surface area (Å²) in [4.78, 5) is 16.4. The van der Waals surface area contributed by atoms with Crippen molar-refractivity contribution in [2.45, 2.75) is 6.42 Å². The lowest BCUT2D eigenvalue weighted by Crippen LogP contribution is -2.26. The van der Waals surface area contributed by atoms with Crippen molar-refractivity contribution in [3.63, 3.8) is 0 Å². The maximum absolute atomic E-state index is 13.4. The number of anilines is 1. The summed E-state index contributed by atoms with van der Waals surface area (Å²) in [6, 6.07) is 0.932. The number of pyridine rings is 1. The van der Waals surface area contributed by atoms with Crippen molar-refractivity contribution in [1.82, 2.24) is 4.98 Å². The van der Waals surface area contributed by atoms with Crippen molar-refractivity contribution in [2.24, 2.45) is 5.92 Å². The lowest BCUT2D eigenvalue weighted by atomic mass is 10.1. The number of rotatable bonds is 3. The van der Waals surface area contributed by atoms with Gasteiger partial charge in [-0.25, -0.2) is 9.37 Å². The summed E-state index contributed by atoms with van der Waals surface area (Å²) in [6.07, 6.45) is -0.163. The second kappa shape index (κ2) is 5.42. The molecule has 1 atom stereocenters. The Kier molecular flexibility index (Phi) is 4.17. The van der Waals surface area contributed by atoms with E-state index in [1.165, 1.54) is 0 Å². The van der Waals surface area contributed by atoms with Crippen molar-refractivity contribution in [2.75, 3.05) is 17.2 Å². The van der Waals surface area contributed by atoms with E-state index in [0.717, 1.165) is 11.0 Å². The molecule has 0 aromatic carbocycles. The van der Waals surface area contributed by atoms with E-state index in [4.69, 9.17) is 23.2 Å². The molecule has 1 unspecified atom stereocenters. The smallest absolute Gasteiger partial charge is 0.302 e. The Morgan fingerprint density at radius 3 is 2.65 bits per heavy atom. The van der Waals surface area contributed by atoms with Crippen LogP contribution in [0.15, 0.2) is 6.07 Å². The molecule has 2 heterocycles. The number of amides is 1. The topological polar surface area (TPSA) is 67.3 Å². The highest BCUT2D eigenvalue weighted by Crippen LogP contribution is 2.33. The minimum Gasteiger partial charge on any atom is -0.309 e. The maximum Gasteiger partial charge on any atom is 0.302 e. The minimum absolute atomic E-state index is 0.0164.